The molecule has 5 saturated carbocycles. The fourth-order valence-electron chi connectivity index (χ4n) is 10.5. The Balaban J connectivity index is 1.55. The molecule has 0 heterocycles. The molecule has 0 aromatic heterocycles. The normalized spacial score (nSPS) is 59.2. The largest absolute Gasteiger partial charge is 0.393 e. The van der Waals surface area contributed by atoms with Crippen LogP contribution in [0.3, 0.4) is 0 Å². The lowest BCUT2D eigenvalue weighted by molar-refractivity contribution is -0.246. The maximum Gasteiger partial charge on any atom is 0.136 e. The van der Waals surface area contributed by atoms with Crippen LogP contribution in [0.5, 0.6) is 0 Å². The van der Waals surface area contributed by atoms with E-state index in [1.165, 1.54) is 25.7 Å². The van der Waals surface area contributed by atoms with E-state index in [2.05, 4.69) is 20.8 Å². The lowest BCUT2D eigenvalue weighted by Crippen LogP contribution is -2.66. The molecule has 5 aliphatic carbocycles. The summed E-state index contributed by atoms with van der Waals surface area (Å²) in [7, 11) is 0. The number of carbonyl (C=O) groups is 1. The topological polar surface area (TPSA) is 57.5 Å². The van der Waals surface area contributed by atoms with E-state index in [9.17, 15) is 15.0 Å². The highest BCUT2D eigenvalue weighted by molar-refractivity contribution is 5.84. The van der Waals surface area contributed by atoms with Gasteiger partial charge in [0.05, 0.1) is 11.7 Å². The monoisotopic (exact) mass is 402 g/mol. The summed E-state index contributed by atoms with van der Waals surface area (Å²) >= 11 is 0. The van der Waals surface area contributed by atoms with Gasteiger partial charge in [-0.2, -0.15) is 0 Å². The van der Waals surface area contributed by atoms with Crippen molar-refractivity contribution in [3.05, 3.63) is 0 Å². The molecule has 3 nitrogen and oxygen atoms in total. The van der Waals surface area contributed by atoms with E-state index in [0.29, 0.717) is 35.9 Å². The fraction of sp³-hybridized carbons (Fsp3) is 0.962. The summed E-state index contributed by atoms with van der Waals surface area (Å²) in [6, 6.07) is 0. The summed E-state index contributed by atoms with van der Waals surface area (Å²) in [5, 5.41) is 22.2. The van der Waals surface area contributed by atoms with Crippen LogP contribution in [0.4, 0.5) is 0 Å². The molecule has 0 bridgehead atoms. The maximum absolute atomic E-state index is 13.2. The number of Topliss-reactive ketones (excluding diaryl/α,β-unsaturated/α-hetero) is 1. The number of fused-ring (bicyclic) bond motifs is 7. The molecule has 0 aromatic rings. The predicted molar refractivity (Wildman–Crippen MR) is 114 cm³/mol. The van der Waals surface area contributed by atoms with Crippen LogP contribution in [0.15, 0.2) is 0 Å². The minimum absolute atomic E-state index is 0.0818. The molecule has 29 heavy (non-hydrogen) atoms. The SMILES string of the molecule is CC(=O)[C@@]12CCCC[C@@H]1C[C@@H]1[C@@H]3C[C@@H](C)[C@@]4(O)C[C@H](O)CC[C@]4(C)[C@H]3CC[C@@]12C. The Morgan fingerprint density at radius 3 is 2.38 bits per heavy atom. The van der Waals surface area contributed by atoms with Crippen LogP contribution in [0, 0.1) is 45.8 Å². The molecule has 0 amide bonds. The van der Waals surface area contributed by atoms with Gasteiger partial charge in [0.15, 0.2) is 0 Å². The molecule has 0 aromatic carbocycles. The van der Waals surface area contributed by atoms with Crippen LogP contribution in [-0.2, 0) is 4.79 Å². The lowest BCUT2D eigenvalue weighted by Gasteiger charge is -2.66. The summed E-state index contributed by atoms with van der Waals surface area (Å²) < 4.78 is 0. The molecule has 0 unspecified atom stereocenters. The molecule has 3 heteroatoms. The molecule has 10 atom stereocenters. The van der Waals surface area contributed by atoms with Crippen molar-refractivity contribution in [3.63, 3.8) is 0 Å². The second-order valence-corrected chi connectivity index (χ2v) is 12.4. The number of hydrogen-bond donors (Lipinski definition) is 2. The maximum atomic E-state index is 13.2. The van der Waals surface area contributed by atoms with Crippen molar-refractivity contribution >= 4 is 5.78 Å². The number of ketones is 1. The molecule has 2 N–H and O–H groups in total. The quantitative estimate of drug-likeness (QED) is 0.639. The van der Waals surface area contributed by atoms with E-state index in [1.54, 1.807) is 0 Å². The first kappa shape index (κ1) is 20.5. The van der Waals surface area contributed by atoms with Crippen molar-refractivity contribution in [1.29, 1.82) is 0 Å². The highest BCUT2D eigenvalue weighted by atomic mass is 16.3. The molecular formula is C26H42O3. The van der Waals surface area contributed by atoms with Gasteiger partial charge in [0, 0.05) is 11.8 Å². The number of rotatable bonds is 1. The smallest absolute Gasteiger partial charge is 0.136 e. The van der Waals surface area contributed by atoms with Crippen molar-refractivity contribution in [2.24, 2.45) is 45.8 Å². The van der Waals surface area contributed by atoms with Gasteiger partial charge in [-0.15, -0.1) is 0 Å². The Morgan fingerprint density at radius 1 is 0.931 bits per heavy atom. The Morgan fingerprint density at radius 2 is 1.66 bits per heavy atom. The fourth-order valence-corrected chi connectivity index (χ4v) is 10.5. The highest BCUT2D eigenvalue weighted by Gasteiger charge is 2.71. The lowest BCUT2D eigenvalue weighted by atomic mass is 9.40. The first-order chi connectivity index (χ1) is 13.6. The van der Waals surface area contributed by atoms with Crippen LogP contribution >= 0.6 is 0 Å². The number of hydrogen-bond acceptors (Lipinski definition) is 3. The zero-order valence-electron chi connectivity index (χ0n) is 19.0. The standard InChI is InChI=1S/C26H42O3/c1-16-13-20-21(24(4)11-8-19(28)15-26(16,24)29)9-12-23(3)22(20)14-18-7-5-6-10-25(18,23)17(2)27/h16,18-22,28-29H,5-15H2,1-4H3/t16-,18-,19-,20-,21+,22-,23+,24-,25+,26+/m1/s1. The third kappa shape index (κ3) is 2.30. The zero-order chi connectivity index (χ0) is 20.8. The van der Waals surface area contributed by atoms with E-state index >= 15 is 0 Å². The highest BCUT2D eigenvalue weighted by Crippen LogP contribution is 2.75. The van der Waals surface area contributed by atoms with Crippen LogP contribution in [0.1, 0.15) is 98.3 Å². The first-order valence-corrected chi connectivity index (χ1v) is 12.5. The number of aliphatic hydroxyl groups excluding tert-OH is 1. The van der Waals surface area contributed by atoms with Crippen LogP contribution in [0.25, 0.3) is 0 Å². The van der Waals surface area contributed by atoms with Gasteiger partial charge in [0.25, 0.3) is 0 Å². The summed E-state index contributed by atoms with van der Waals surface area (Å²) in [6.45, 7) is 8.96. The molecule has 5 aliphatic rings. The van der Waals surface area contributed by atoms with E-state index in [-0.39, 0.29) is 28.3 Å². The van der Waals surface area contributed by atoms with Crippen LogP contribution in [0.2, 0.25) is 0 Å². The van der Waals surface area contributed by atoms with Crippen molar-refractivity contribution in [3.8, 4) is 0 Å². The van der Waals surface area contributed by atoms with E-state index in [0.717, 1.165) is 38.5 Å². The van der Waals surface area contributed by atoms with E-state index in [4.69, 9.17) is 0 Å². The van der Waals surface area contributed by atoms with Gasteiger partial charge in [-0.3, -0.25) is 4.79 Å². The zero-order valence-corrected chi connectivity index (χ0v) is 19.0. The second-order valence-electron chi connectivity index (χ2n) is 12.4. The Hall–Kier alpha value is -0.410. The van der Waals surface area contributed by atoms with Gasteiger partial charge in [0.2, 0.25) is 0 Å². The predicted octanol–water partition coefficient (Wildman–Crippen LogP) is 5.13. The summed E-state index contributed by atoms with van der Waals surface area (Å²) in [5.41, 5.74) is -0.761. The van der Waals surface area contributed by atoms with Crippen molar-refractivity contribution in [2.45, 2.75) is 110 Å². The molecule has 0 saturated heterocycles. The molecular weight excluding hydrogens is 360 g/mol. The minimum Gasteiger partial charge on any atom is -0.393 e. The third-order valence-corrected chi connectivity index (χ3v) is 11.9. The number of aliphatic hydroxyl groups is 2. The average molecular weight is 403 g/mol. The number of carbonyl (C=O) groups excluding carboxylic acids is 1. The van der Waals surface area contributed by atoms with Crippen molar-refractivity contribution < 1.29 is 15.0 Å². The van der Waals surface area contributed by atoms with Crippen molar-refractivity contribution in [2.75, 3.05) is 0 Å². The Kier molecular flexibility index (Phi) is 4.46. The molecule has 5 fully saturated rings. The van der Waals surface area contributed by atoms with Gasteiger partial charge < -0.3 is 10.2 Å². The second kappa shape index (κ2) is 6.31. The first-order valence-electron chi connectivity index (χ1n) is 12.5. The molecule has 0 radical (unpaired) electrons. The van der Waals surface area contributed by atoms with Crippen LogP contribution in [-0.4, -0.2) is 27.7 Å². The Bertz CT molecular complexity index is 704. The minimum atomic E-state index is -0.733. The summed E-state index contributed by atoms with van der Waals surface area (Å²) in [5.74, 6) is 3.08. The van der Waals surface area contributed by atoms with E-state index < -0.39 is 5.60 Å². The third-order valence-electron chi connectivity index (χ3n) is 11.9. The Labute approximate surface area is 177 Å². The van der Waals surface area contributed by atoms with Gasteiger partial charge in [0.1, 0.15) is 5.78 Å². The molecule has 0 aliphatic heterocycles. The van der Waals surface area contributed by atoms with Gasteiger partial charge >= 0.3 is 0 Å². The summed E-state index contributed by atoms with van der Waals surface area (Å²) in [4.78, 5) is 13.2. The summed E-state index contributed by atoms with van der Waals surface area (Å²) in [6.07, 6.45) is 11.5. The van der Waals surface area contributed by atoms with Crippen molar-refractivity contribution in [1.82, 2.24) is 0 Å². The van der Waals surface area contributed by atoms with Gasteiger partial charge in [-0.05, 0) is 98.7 Å². The van der Waals surface area contributed by atoms with E-state index in [1.807, 2.05) is 6.92 Å². The average Bonchev–Trinajstić information content (AvgIpc) is 2.95. The van der Waals surface area contributed by atoms with Crippen LogP contribution < -0.4 is 0 Å². The van der Waals surface area contributed by atoms with Gasteiger partial charge in [-0.25, -0.2) is 0 Å². The molecule has 5 rings (SSSR count). The molecule has 0 spiro atoms. The molecule has 164 valence electrons. The van der Waals surface area contributed by atoms with Gasteiger partial charge in [-0.1, -0.05) is 33.6 Å².